The molecule has 1 aliphatic heterocycles. The molecule has 28 heavy (non-hydrogen) atoms. The molecule has 1 aromatic heterocycles. The van der Waals surface area contributed by atoms with Crippen molar-refractivity contribution in [1.29, 1.82) is 0 Å². The number of carbonyl (C=O) groups excluding carboxylic acids is 2. The molecule has 2 heterocycles. The molecule has 6 heteroatoms. The first kappa shape index (κ1) is 20.1. The molecule has 3 rings (SSSR count). The van der Waals surface area contributed by atoms with Crippen LogP contribution in [0, 0.1) is 6.92 Å². The molecule has 6 nitrogen and oxygen atoms in total. The summed E-state index contributed by atoms with van der Waals surface area (Å²) in [6, 6.07) is 8.08. The zero-order chi connectivity index (χ0) is 20.1. The number of nitrogens with one attached hydrogen (secondary N) is 1. The smallest absolute Gasteiger partial charge is 0.289 e. The van der Waals surface area contributed by atoms with Crippen LogP contribution in [0.2, 0.25) is 0 Å². The first-order valence-corrected chi connectivity index (χ1v) is 10.2. The van der Waals surface area contributed by atoms with Crippen LogP contribution >= 0.6 is 0 Å². The average molecular weight is 383 g/mol. The minimum atomic E-state index is -0.207. The van der Waals surface area contributed by atoms with E-state index >= 15 is 0 Å². The maximum Gasteiger partial charge on any atom is 0.289 e. The zero-order valence-corrected chi connectivity index (χ0v) is 17.1. The van der Waals surface area contributed by atoms with Crippen molar-refractivity contribution in [2.75, 3.05) is 13.6 Å². The van der Waals surface area contributed by atoms with Crippen molar-refractivity contribution in [3.05, 3.63) is 52.6 Å². The number of hydrogen-bond acceptors (Lipinski definition) is 3. The SMILES string of the molecule is CCCCN(C)C(=O)c1nc(C(=O)NCc2ccc(C)cc2)c2n1CCCC2. The van der Waals surface area contributed by atoms with E-state index in [9.17, 15) is 9.59 Å². The quantitative estimate of drug-likeness (QED) is 0.799. The summed E-state index contributed by atoms with van der Waals surface area (Å²) >= 11 is 0. The van der Waals surface area contributed by atoms with Gasteiger partial charge in [0.2, 0.25) is 0 Å². The molecule has 0 radical (unpaired) electrons. The van der Waals surface area contributed by atoms with Gasteiger partial charge in [0, 0.05) is 26.7 Å². The molecular weight excluding hydrogens is 352 g/mol. The number of hydrogen-bond donors (Lipinski definition) is 1. The topological polar surface area (TPSA) is 67.2 Å². The molecule has 0 saturated carbocycles. The van der Waals surface area contributed by atoms with E-state index in [-0.39, 0.29) is 11.8 Å². The standard InChI is InChI=1S/C22H30N4O2/c1-4-5-13-25(3)22(28)20-24-19(18-8-6-7-14-26(18)20)21(27)23-15-17-11-9-16(2)10-12-17/h9-12H,4-8,13-15H2,1-3H3,(H,23,27). The Morgan fingerprint density at radius 1 is 1.21 bits per heavy atom. The summed E-state index contributed by atoms with van der Waals surface area (Å²) in [5.74, 6) is 0.0875. The number of benzene rings is 1. The number of amides is 2. The number of aromatic nitrogens is 2. The Labute approximate surface area is 166 Å². The van der Waals surface area contributed by atoms with Gasteiger partial charge in [0.05, 0.1) is 5.69 Å². The summed E-state index contributed by atoms with van der Waals surface area (Å²) in [4.78, 5) is 31.9. The molecule has 1 aliphatic rings. The van der Waals surface area contributed by atoms with E-state index in [1.807, 2.05) is 35.8 Å². The molecule has 0 bridgehead atoms. The van der Waals surface area contributed by atoms with Gasteiger partial charge in [-0.05, 0) is 38.2 Å². The molecule has 1 aromatic carbocycles. The Bertz CT molecular complexity index is 839. The van der Waals surface area contributed by atoms with Crippen molar-refractivity contribution in [1.82, 2.24) is 19.8 Å². The highest BCUT2D eigenvalue weighted by Gasteiger charge is 2.28. The largest absolute Gasteiger partial charge is 0.347 e. The van der Waals surface area contributed by atoms with Crippen molar-refractivity contribution in [3.63, 3.8) is 0 Å². The van der Waals surface area contributed by atoms with E-state index in [0.717, 1.165) is 49.9 Å². The molecular formula is C22H30N4O2. The van der Waals surface area contributed by atoms with Crippen LogP contribution in [0.15, 0.2) is 24.3 Å². The van der Waals surface area contributed by atoms with E-state index in [0.29, 0.717) is 24.6 Å². The molecule has 1 N–H and O–H groups in total. The van der Waals surface area contributed by atoms with Gasteiger partial charge in [0.25, 0.3) is 11.8 Å². The van der Waals surface area contributed by atoms with Gasteiger partial charge in [0.1, 0.15) is 5.69 Å². The summed E-state index contributed by atoms with van der Waals surface area (Å²) in [6.45, 7) is 6.04. The molecule has 0 saturated heterocycles. The fourth-order valence-electron chi connectivity index (χ4n) is 3.53. The molecule has 2 aromatic rings. The van der Waals surface area contributed by atoms with Crippen LogP contribution in [0.1, 0.15) is 70.5 Å². The predicted molar refractivity (Wildman–Crippen MR) is 109 cm³/mol. The van der Waals surface area contributed by atoms with Crippen LogP contribution in [0.4, 0.5) is 0 Å². The number of nitrogens with zero attached hydrogens (tertiary/aromatic N) is 3. The number of aryl methyl sites for hydroxylation is 1. The van der Waals surface area contributed by atoms with Crippen molar-refractivity contribution < 1.29 is 9.59 Å². The van der Waals surface area contributed by atoms with Crippen molar-refractivity contribution in [3.8, 4) is 0 Å². The highest BCUT2D eigenvalue weighted by molar-refractivity contribution is 5.97. The lowest BCUT2D eigenvalue weighted by Crippen LogP contribution is -2.31. The van der Waals surface area contributed by atoms with Crippen LogP contribution in [-0.2, 0) is 19.5 Å². The molecule has 0 unspecified atom stereocenters. The first-order chi connectivity index (χ1) is 13.5. The highest BCUT2D eigenvalue weighted by Crippen LogP contribution is 2.22. The highest BCUT2D eigenvalue weighted by atomic mass is 16.2. The van der Waals surface area contributed by atoms with E-state index in [2.05, 4.69) is 17.2 Å². The number of unbranched alkanes of at least 4 members (excludes halogenated alkanes) is 1. The Hall–Kier alpha value is -2.63. The first-order valence-electron chi connectivity index (χ1n) is 10.2. The van der Waals surface area contributed by atoms with Crippen molar-refractivity contribution in [2.24, 2.45) is 0 Å². The second kappa shape index (κ2) is 9.04. The number of carbonyl (C=O) groups is 2. The zero-order valence-electron chi connectivity index (χ0n) is 17.1. The number of fused-ring (bicyclic) bond motifs is 1. The number of rotatable bonds is 7. The summed E-state index contributed by atoms with van der Waals surface area (Å²) in [5, 5.41) is 2.96. The summed E-state index contributed by atoms with van der Waals surface area (Å²) in [7, 11) is 1.81. The van der Waals surface area contributed by atoms with E-state index in [1.165, 1.54) is 5.56 Å². The van der Waals surface area contributed by atoms with E-state index in [1.54, 1.807) is 11.9 Å². The van der Waals surface area contributed by atoms with Gasteiger partial charge >= 0.3 is 0 Å². The van der Waals surface area contributed by atoms with Crippen LogP contribution < -0.4 is 5.32 Å². The summed E-state index contributed by atoms with van der Waals surface area (Å²) in [6.07, 6.45) is 4.80. The Morgan fingerprint density at radius 2 is 1.96 bits per heavy atom. The van der Waals surface area contributed by atoms with E-state index < -0.39 is 0 Å². The lowest BCUT2D eigenvalue weighted by atomic mass is 10.1. The van der Waals surface area contributed by atoms with Crippen LogP contribution in [0.3, 0.4) is 0 Å². The average Bonchev–Trinajstić information content (AvgIpc) is 3.10. The normalized spacial score (nSPS) is 13.1. The predicted octanol–water partition coefficient (Wildman–Crippen LogP) is 3.33. The van der Waals surface area contributed by atoms with Gasteiger partial charge < -0.3 is 14.8 Å². The van der Waals surface area contributed by atoms with Crippen LogP contribution in [-0.4, -0.2) is 39.9 Å². The fourth-order valence-corrected chi connectivity index (χ4v) is 3.53. The Kier molecular flexibility index (Phi) is 6.49. The van der Waals surface area contributed by atoms with Crippen molar-refractivity contribution >= 4 is 11.8 Å². The van der Waals surface area contributed by atoms with Gasteiger partial charge in [-0.15, -0.1) is 0 Å². The monoisotopic (exact) mass is 382 g/mol. The summed E-state index contributed by atoms with van der Waals surface area (Å²) in [5.41, 5.74) is 3.52. The van der Waals surface area contributed by atoms with Gasteiger partial charge in [0.15, 0.2) is 5.82 Å². The molecule has 0 spiro atoms. The van der Waals surface area contributed by atoms with Crippen molar-refractivity contribution in [2.45, 2.75) is 59.0 Å². The maximum absolute atomic E-state index is 12.9. The van der Waals surface area contributed by atoms with Gasteiger partial charge in [-0.25, -0.2) is 4.98 Å². The molecule has 150 valence electrons. The van der Waals surface area contributed by atoms with Crippen LogP contribution in [0.25, 0.3) is 0 Å². The number of imidazole rings is 1. The lowest BCUT2D eigenvalue weighted by Gasteiger charge is -2.20. The maximum atomic E-state index is 12.9. The van der Waals surface area contributed by atoms with Crippen LogP contribution in [0.5, 0.6) is 0 Å². The molecule has 0 fully saturated rings. The Morgan fingerprint density at radius 3 is 2.68 bits per heavy atom. The van der Waals surface area contributed by atoms with E-state index in [4.69, 9.17) is 0 Å². The summed E-state index contributed by atoms with van der Waals surface area (Å²) < 4.78 is 1.95. The lowest BCUT2D eigenvalue weighted by molar-refractivity contribution is 0.0775. The third-order valence-electron chi connectivity index (χ3n) is 5.29. The minimum absolute atomic E-state index is 0.103. The van der Waals surface area contributed by atoms with Gasteiger partial charge in [-0.1, -0.05) is 43.2 Å². The molecule has 0 aliphatic carbocycles. The minimum Gasteiger partial charge on any atom is -0.347 e. The second-order valence-corrected chi connectivity index (χ2v) is 7.59. The van der Waals surface area contributed by atoms with Gasteiger partial charge in [-0.3, -0.25) is 9.59 Å². The molecule has 0 atom stereocenters. The Balaban J connectivity index is 1.78. The third kappa shape index (κ3) is 4.43. The van der Waals surface area contributed by atoms with Gasteiger partial charge in [-0.2, -0.15) is 0 Å². The fraction of sp³-hybridized carbons (Fsp3) is 0.500. The second-order valence-electron chi connectivity index (χ2n) is 7.59. The third-order valence-corrected chi connectivity index (χ3v) is 5.29. The molecule has 2 amide bonds.